The van der Waals surface area contributed by atoms with Gasteiger partial charge in [-0.2, -0.15) is 0 Å². The Balaban J connectivity index is 0.00000229. The highest BCUT2D eigenvalue weighted by atomic mass is 35.5. The van der Waals surface area contributed by atoms with Crippen molar-refractivity contribution in [1.29, 1.82) is 0 Å². The zero-order valence-corrected chi connectivity index (χ0v) is 20.7. The lowest BCUT2D eigenvalue weighted by atomic mass is 9.92. The third-order valence-corrected chi connectivity index (χ3v) is 7.94. The molecular weight excluding hydrogens is 462 g/mol. The van der Waals surface area contributed by atoms with Crippen molar-refractivity contribution in [3.05, 3.63) is 42.2 Å². The molecule has 35 heavy (non-hydrogen) atoms. The topological polar surface area (TPSA) is 80.9 Å². The third-order valence-electron chi connectivity index (χ3n) is 7.94. The molecule has 0 radical (unpaired) electrons. The van der Waals surface area contributed by atoms with E-state index in [0.717, 1.165) is 66.3 Å². The molecule has 0 aromatic carbocycles. The first-order valence-corrected chi connectivity index (χ1v) is 12.5. The number of rotatable bonds is 4. The molecule has 1 aliphatic carbocycles. The number of carbonyl (C=O) groups is 1. The summed E-state index contributed by atoms with van der Waals surface area (Å²) in [7, 11) is 2.00. The molecule has 3 aliphatic rings. The molecule has 0 spiro atoms. The van der Waals surface area contributed by atoms with Gasteiger partial charge in [-0.1, -0.05) is 0 Å². The van der Waals surface area contributed by atoms with E-state index in [1.54, 1.807) is 6.20 Å². The predicted molar refractivity (Wildman–Crippen MR) is 138 cm³/mol. The van der Waals surface area contributed by atoms with Gasteiger partial charge in [0.1, 0.15) is 11.2 Å². The first-order valence-electron chi connectivity index (χ1n) is 12.5. The van der Waals surface area contributed by atoms with E-state index in [1.807, 2.05) is 34.8 Å². The van der Waals surface area contributed by atoms with Crippen LogP contribution in [0.4, 0.5) is 0 Å². The normalized spacial score (nSPS) is 21.9. The molecule has 2 aliphatic heterocycles. The highest BCUT2D eigenvalue weighted by Crippen LogP contribution is 2.36. The minimum atomic E-state index is 0. The summed E-state index contributed by atoms with van der Waals surface area (Å²) in [5, 5.41) is 4.68. The molecule has 182 valence electrons. The van der Waals surface area contributed by atoms with Crippen LogP contribution in [0.2, 0.25) is 0 Å². The molecule has 7 rings (SSSR count). The third kappa shape index (κ3) is 3.79. The van der Waals surface area contributed by atoms with Crippen LogP contribution in [0, 0.1) is 11.8 Å². The maximum atomic E-state index is 13.3. The Morgan fingerprint density at radius 3 is 2.89 bits per heavy atom. The van der Waals surface area contributed by atoms with E-state index < -0.39 is 0 Å². The quantitative estimate of drug-likeness (QED) is 0.471. The molecule has 1 N–H and O–H groups in total. The maximum absolute atomic E-state index is 13.3. The van der Waals surface area contributed by atoms with Crippen molar-refractivity contribution in [1.82, 2.24) is 34.3 Å². The van der Waals surface area contributed by atoms with Crippen molar-refractivity contribution >= 4 is 40.5 Å². The smallest absolute Gasteiger partial charge is 0.255 e. The van der Waals surface area contributed by atoms with Crippen molar-refractivity contribution in [2.45, 2.75) is 38.3 Å². The number of halogens is 1. The molecule has 3 fully saturated rings. The van der Waals surface area contributed by atoms with Gasteiger partial charge in [0, 0.05) is 50.5 Å². The second kappa shape index (κ2) is 8.60. The number of hydrogen-bond acceptors (Lipinski definition) is 5. The SMILES string of the molecule is Cl.Cn1c(-c2cc3cccnc3n2CC2CC2)nc2cc(C(=O)N3CC[C@@H]4CCN[C@@H]4C3)cnc21. The average molecular weight is 492 g/mol. The van der Waals surface area contributed by atoms with Gasteiger partial charge < -0.3 is 19.4 Å². The predicted octanol–water partition coefficient (Wildman–Crippen LogP) is 3.64. The number of piperidine rings is 1. The molecule has 2 atom stereocenters. The fourth-order valence-electron chi connectivity index (χ4n) is 5.84. The Kier molecular flexibility index (Phi) is 5.53. The maximum Gasteiger partial charge on any atom is 0.255 e. The number of likely N-dealkylation sites (tertiary alicyclic amines) is 1. The highest BCUT2D eigenvalue weighted by Gasteiger charge is 2.35. The van der Waals surface area contributed by atoms with Crippen LogP contribution in [0.25, 0.3) is 33.7 Å². The first kappa shape index (κ1) is 22.5. The monoisotopic (exact) mass is 491 g/mol. The Bertz CT molecular complexity index is 1420. The largest absolute Gasteiger partial charge is 0.337 e. The van der Waals surface area contributed by atoms with Crippen molar-refractivity contribution < 1.29 is 4.79 Å². The van der Waals surface area contributed by atoms with Gasteiger partial charge in [-0.25, -0.2) is 15.0 Å². The van der Waals surface area contributed by atoms with Crippen LogP contribution < -0.4 is 5.32 Å². The number of nitrogens with zero attached hydrogens (tertiary/aromatic N) is 6. The molecule has 2 saturated heterocycles. The molecule has 4 aromatic heterocycles. The second-order valence-corrected chi connectivity index (χ2v) is 10.2. The van der Waals surface area contributed by atoms with Gasteiger partial charge in [-0.15, -0.1) is 12.4 Å². The molecule has 0 bridgehead atoms. The summed E-state index contributed by atoms with van der Waals surface area (Å²) in [6.45, 7) is 3.63. The van der Waals surface area contributed by atoms with Crippen LogP contribution in [-0.4, -0.2) is 60.6 Å². The number of carbonyl (C=O) groups excluding carboxylic acids is 1. The van der Waals surface area contributed by atoms with Crippen LogP contribution in [0.1, 0.15) is 36.0 Å². The summed E-state index contributed by atoms with van der Waals surface area (Å²) in [5.74, 6) is 2.34. The molecule has 9 heteroatoms. The van der Waals surface area contributed by atoms with Crippen LogP contribution in [-0.2, 0) is 13.6 Å². The number of aryl methyl sites for hydroxylation is 1. The fourth-order valence-corrected chi connectivity index (χ4v) is 5.84. The van der Waals surface area contributed by atoms with Crippen molar-refractivity contribution in [3.8, 4) is 11.5 Å². The number of fused-ring (bicyclic) bond motifs is 3. The number of hydrogen-bond donors (Lipinski definition) is 1. The summed E-state index contributed by atoms with van der Waals surface area (Å²) >= 11 is 0. The molecule has 1 saturated carbocycles. The van der Waals surface area contributed by atoms with E-state index in [1.165, 1.54) is 19.3 Å². The molecule has 1 amide bonds. The fraction of sp³-hybridized carbons (Fsp3) is 0.462. The zero-order valence-electron chi connectivity index (χ0n) is 19.9. The number of aromatic nitrogens is 5. The van der Waals surface area contributed by atoms with E-state index >= 15 is 0 Å². The van der Waals surface area contributed by atoms with Gasteiger partial charge in [0.05, 0.1) is 11.3 Å². The number of imidazole rings is 1. The van der Waals surface area contributed by atoms with Gasteiger partial charge in [0.2, 0.25) is 0 Å². The van der Waals surface area contributed by atoms with Gasteiger partial charge >= 0.3 is 0 Å². The van der Waals surface area contributed by atoms with Gasteiger partial charge in [0.25, 0.3) is 5.91 Å². The summed E-state index contributed by atoms with van der Waals surface area (Å²) in [5.41, 5.74) is 4.23. The summed E-state index contributed by atoms with van der Waals surface area (Å²) < 4.78 is 4.34. The number of pyridine rings is 2. The van der Waals surface area contributed by atoms with Gasteiger partial charge in [-0.05, 0) is 68.3 Å². The lowest BCUT2D eigenvalue weighted by Crippen LogP contribution is -2.48. The minimum absolute atomic E-state index is 0. The minimum Gasteiger partial charge on any atom is -0.337 e. The molecular formula is C26H30ClN7O. The van der Waals surface area contributed by atoms with Crippen LogP contribution >= 0.6 is 12.4 Å². The average Bonchev–Trinajstić information content (AvgIpc) is 3.29. The van der Waals surface area contributed by atoms with E-state index in [2.05, 4.69) is 32.0 Å². The van der Waals surface area contributed by atoms with E-state index in [4.69, 9.17) is 4.98 Å². The molecule has 4 aromatic rings. The van der Waals surface area contributed by atoms with Crippen molar-refractivity contribution in [3.63, 3.8) is 0 Å². The molecule has 6 heterocycles. The highest BCUT2D eigenvalue weighted by molar-refractivity contribution is 5.97. The summed E-state index contributed by atoms with van der Waals surface area (Å²) in [6.07, 6.45) is 8.42. The Morgan fingerprint density at radius 1 is 1.14 bits per heavy atom. The lowest BCUT2D eigenvalue weighted by molar-refractivity contribution is 0.0669. The van der Waals surface area contributed by atoms with E-state index in [-0.39, 0.29) is 18.3 Å². The lowest BCUT2D eigenvalue weighted by Gasteiger charge is -2.34. The Morgan fingerprint density at radius 2 is 2.03 bits per heavy atom. The van der Waals surface area contributed by atoms with Gasteiger partial charge in [-0.3, -0.25) is 4.79 Å². The Labute approximate surface area is 210 Å². The molecule has 0 unspecified atom stereocenters. The van der Waals surface area contributed by atoms with E-state index in [0.29, 0.717) is 23.4 Å². The summed E-state index contributed by atoms with van der Waals surface area (Å²) in [4.78, 5) is 29.6. The van der Waals surface area contributed by atoms with Crippen LogP contribution in [0.3, 0.4) is 0 Å². The number of amides is 1. The molecule has 8 nitrogen and oxygen atoms in total. The van der Waals surface area contributed by atoms with Crippen LogP contribution in [0.15, 0.2) is 36.7 Å². The Hall–Kier alpha value is -2.97. The first-order chi connectivity index (χ1) is 16.7. The second-order valence-electron chi connectivity index (χ2n) is 10.2. The van der Waals surface area contributed by atoms with Crippen molar-refractivity contribution in [2.24, 2.45) is 18.9 Å². The van der Waals surface area contributed by atoms with Gasteiger partial charge in [0.15, 0.2) is 11.5 Å². The van der Waals surface area contributed by atoms with Crippen LogP contribution in [0.5, 0.6) is 0 Å². The number of nitrogens with one attached hydrogen (secondary N) is 1. The van der Waals surface area contributed by atoms with E-state index in [9.17, 15) is 4.79 Å². The standard InChI is InChI=1S/C26H29N7O.ClH/c1-31-24-20(11-19(13-29-24)26(34)32-10-7-17-6-9-27-21(17)15-32)30-25(31)22-12-18-3-2-8-28-23(18)33(22)14-16-4-5-16;/h2-3,8,11-13,16-17,21,27H,4-7,9-10,14-15H2,1H3;1H/t17-,21+;/m0./s1. The van der Waals surface area contributed by atoms with Crippen molar-refractivity contribution in [2.75, 3.05) is 19.6 Å². The zero-order chi connectivity index (χ0) is 22.8. The summed E-state index contributed by atoms with van der Waals surface area (Å²) in [6, 6.07) is 8.60.